The lowest BCUT2D eigenvalue weighted by molar-refractivity contribution is 0.0269. The molecule has 0 spiro atoms. The van der Waals surface area contributed by atoms with Gasteiger partial charge in [0.2, 0.25) is 0 Å². The highest BCUT2D eigenvalue weighted by Gasteiger charge is 2.24. The molecule has 110 valence electrons. The predicted molar refractivity (Wildman–Crippen MR) is 73.9 cm³/mol. The fourth-order valence-electron chi connectivity index (χ4n) is 1.83. The van der Waals surface area contributed by atoms with Gasteiger partial charge in [0.25, 0.3) is 9.05 Å². The number of esters is 1. The highest BCUT2D eigenvalue weighted by molar-refractivity contribution is 8.13. The third-order valence-corrected chi connectivity index (χ3v) is 4.71. The molecular formula is C12H12Cl2O5S. The van der Waals surface area contributed by atoms with Crippen LogP contribution in [0.2, 0.25) is 5.02 Å². The first-order valence-electron chi connectivity index (χ1n) is 5.82. The van der Waals surface area contributed by atoms with E-state index in [1.54, 1.807) is 6.92 Å². The molecule has 1 aliphatic heterocycles. The normalized spacial score (nSPS) is 19.1. The van der Waals surface area contributed by atoms with Crippen LogP contribution in [-0.4, -0.2) is 33.7 Å². The Morgan fingerprint density at radius 1 is 1.45 bits per heavy atom. The number of carbonyl (C=O) groups is 1. The average molecular weight is 339 g/mol. The molecule has 1 saturated heterocycles. The molecule has 8 heteroatoms. The van der Waals surface area contributed by atoms with E-state index in [1.807, 2.05) is 0 Å². The topological polar surface area (TPSA) is 69.7 Å². The van der Waals surface area contributed by atoms with Gasteiger partial charge in [0, 0.05) is 22.1 Å². The van der Waals surface area contributed by atoms with Crippen LogP contribution >= 0.6 is 22.3 Å². The molecule has 0 N–H and O–H groups in total. The van der Waals surface area contributed by atoms with E-state index in [2.05, 4.69) is 0 Å². The molecule has 0 radical (unpaired) electrons. The summed E-state index contributed by atoms with van der Waals surface area (Å²) in [6, 6.07) is 2.37. The third kappa shape index (κ3) is 3.44. The van der Waals surface area contributed by atoms with Gasteiger partial charge in [-0.05, 0) is 24.6 Å². The molecule has 0 amide bonds. The Kier molecular flexibility index (Phi) is 4.59. The number of hydrogen-bond donors (Lipinski definition) is 0. The summed E-state index contributed by atoms with van der Waals surface area (Å²) in [6.45, 7) is 2.48. The standard InChI is InChI=1S/C12H12Cl2O5S/c1-7-10(12(15)19-8-2-3-18-6-8)4-9(5-11(7)13)20(14,16)17/h4-5,8H,2-3,6H2,1H3. The summed E-state index contributed by atoms with van der Waals surface area (Å²) in [6.07, 6.45) is 0.295. The minimum atomic E-state index is -3.97. The molecule has 1 aliphatic rings. The van der Waals surface area contributed by atoms with Gasteiger partial charge in [-0.15, -0.1) is 0 Å². The molecule has 20 heavy (non-hydrogen) atoms. The molecule has 5 nitrogen and oxygen atoms in total. The van der Waals surface area contributed by atoms with Crippen LogP contribution in [-0.2, 0) is 18.5 Å². The largest absolute Gasteiger partial charge is 0.456 e. The predicted octanol–water partition coefficient (Wildman–Crippen LogP) is 2.52. The van der Waals surface area contributed by atoms with Gasteiger partial charge in [0.15, 0.2) is 0 Å². The van der Waals surface area contributed by atoms with E-state index in [1.165, 1.54) is 12.1 Å². The van der Waals surface area contributed by atoms with Crippen molar-refractivity contribution >= 4 is 37.3 Å². The molecule has 1 aromatic rings. The number of ether oxygens (including phenoxy) is 2. The summed E-state index contributed by atoms with van der Waals surface area (Å²) in [4.78, 5) is 11.8. The molecule has 1 unspecified atom stereocenters. The van der Waals surface area contributed by atoms with Crippen molar-refractivity contribution in [3.05, 3.63) is 28.3 Å². The van der Waals surface area contributed by atoms with Crippen molar-refractivity contribution in [2.45, 2.75) is 24.3 Å². The second kappa shape index (κ2) is 5.89. The molecule has 0 bridgehead atoms. The number of halogens is 2. The van der Waals surface area contributed by atoms with Gasteiger partial charge in [0.05, 0.1) is 23.7 Å². The molecule has 1 heterocycles. The summed E-state index contributed by atoms with van der Waals surface area (Å²) in [7, 11) is 1.30. The van der Waals surface area contributed by atoms with Gasteiger partial charge in [-0.3, -0.25) is 0 Å². The van der Waals surface area contributed by atoms with E-state index in [0.29, 0.717) is 25.2 Å². The Labute approximate surface area is 126 Å². The van der Waals surface area contributed by atoms with Crippen LogP contribution in [0.15, 0.2) is 17.0 Å². The van der Waals surface area contributed by atoms with Crippen LogP contribution in [0.5, 0.6) is 0 Å². The van der Waals surface area contributed by atoms with Gasteiger partial charge in [-0.2, -0.15) is 0 Å². The zero-order valence-electron chi connectivity index (χ0n) is 10.6. The Bertz CT molecular complexity index is 635. The van der Waals surface area contributed by atoms with E-state index in [0.717, 1.165) is 0 Å². The van der Waals surface area contributed by atoms with Gasteiger partial charge in [-0.25, -0.2) is 13.2 Å². The first-order chi connectivity index (χ1) is 9.29. The van der Waals surface area contributed by atoms with E-state index < -0.39 is 15.0 Å². The third-order valence-electron chi connectivity index (χ3n) is 2.98. The fourth-order valence-corrected chi connectivity index (χ4v) is 2.90. The minimum absolute atomic E-state index is 0.0867. The second-order valence-electron chi connectivity index (χ2n) is 4.41. The summed E-state index contributed by atoms with van der Waals surface area (Å²) in [5.41, 5.74) is 0.531. The van der Waals surface area contributed by atoms with Gasteiger partial charge < -0.3 is 9.47 Å². The lowest BCUT2D eigenvalue weighted by atomic mass is 10.1. The maximum atomic E-state index is 12.1. The van der Waals surface area contributed by atoms with E-state index >= 15 is 0 Å². The quantitative estimate of drug-likeness (QED) is 0.625. The highest BCUT2D eigenvalue weighted by Crippen LogP contribution is 2.27. The van der Waals surface area contributed by atoms with Gasteiger partial charge in [0.1, 0.15) is 6.10 Å². The zero-order valence-corrected chi connectivity index (χ0v) is 12.9. The first-order valence-corrected chi connectivity index (χ1v) is 8.51. The first kappa shape index (κ1) is 15.6. The molecule has 1 aromatic carbocycles. The maximum absolute atomic E-state index is 12.1. The highest BCUT2D eigenvalue weighted by atomic mass is 35.7. The van der Waals surface area contributed by atoms with E-state index in [-0.39, 0.29) is 21.6 Å². The van der Waals surface area contributed by atoms with Crippen LogP contribution in [0.25, 0.3) is 0 Å². The second-order valence-corrected chi connectivity index (χ2v) is 7.38. The van der Waals surface area contributed by atoms with Gasteiger partial charge in [-0.1, -0.05) is 11.6 Å². The van der Waals surface area contributed by atoms with E-state index in [4.69, 9.17) is 31.8 Å². The Morgan fingerprint density at radius 3 is 2.70 bits per heavy atom. The monoisotopic (exact) mass is 338 g/mol. The smallest absolute Gasteiger partial charge is 0.338 e. The number of rotatable bonds is 3. The average Bonchev–Trinajstić information content (AvgIpc) is 2.83. The summed E-state index contributed by atoms with van der Waals surface area (Å²) < 4.78 is 33.0. The SMILES string of the molecule is Cc1c(Cl)cc(S(=O)(=O)Cl)cc1C(=O)OC1CCOC1. The van der Waals surface area contributed by atoms with Crippen molar-refractivity contribution in [2.24, 2.45) is 0 Å². The van der Waals surface area contributed by atoms with Crippen molar-refractivity contribution in [2.75, 3.05) is 13.2 Å². The lowest BCUT2D eigenvalue weighted by Crippen LogP contribution is -2.19. The Morgan fingerprint density at radius 2 is 2.15 bits per heavy atom. The number of hydrogen-bond acceptors (Lipinski definition) is 5. The van der Waals surface area contributed by atoms with Crippen LogP contribution < -0.4 is 0 Å². The number of carbonyl (C=O) groups excluding carboxylic acids is 1. The van der Waals surface area contributed by atoms with Crippen LogP contribution in [0.3, 0.4) is 0 Å². The summed E-state index contributed by atoms with van der Waals surface area (Å²) in [5, 5.41) is 0.140. The molecular weight excluding hydrogens is 327 g/mol. The molecule has 0 aliphatic carbocycles. The molecule has 1 fully saturated rings. The van der Waals surface area contributed by atoms with E-state index in [9.17, 15) is 13.2 Å². The van der Waals surface area contributed by atoms with Crippen LogP contribution in [0.1, 0.15) is 22.3 Å². The molecule has 1 atom stereocenters. The van der Waals surface area contributed by atoms with Crippen molar-refractivity contribution in [3.8, 4) is 0 Å². The Hall–Kier alpha value is -0.820. The lowest BCUT2D eigenvalue weighted by Gasteiger charge is -2.13. The molecule has 0 saturated carbocycles. The zero-order chi connectivity index (χ0) is 14.9. The summed E-state index contributed by atoms with van der Waals surface area (Å²) >= 11 is 5.93. The van der Waals surface area contributed by atoms with Crippen molar-refractivity contribution in [1.82, 2.24) is 0 Å². The van der Waals surface area contributed by atoms with Crippen molar-refractivity contribution in [1.29, 1.82) is 0 Å². The minimum Gasteiger partial charge on any atom is -0.456 e. The molecule has 0 aromatic heterocycles. The maximum Gasteiger partial charge on any atom is 0.338 e. The fraction of sp³-hybridized carbons (Fsp3) is 0.417. The van der Waals surface area contributed by atoms with Gasteiger partial charge >= 0.3 is 5.97 Å². The van der Waals surface area contributed by atoms with Crippen LogP contribution in [0.4, 0.5) is 0 Å². The van der Waals surface area contributed by atoms with Crippen molar-refractivity contribution < 1.29 is 22.7 Å². The van der Waals surface area contributed by atoms with Crippen molar-refractivity contribution in [3.63, 3.8) is 0 Å². The van der Waals surface area contributed by atoms with Crippen LogP contribution in [0, 0.1) is 6.92 Å². The summed E-state index contributed by atoms with van der Waals surface area (Å²) in [5.74, 6) is -0.637. The number of benzene rings is 1. The molecule has 2 rings (SSSR count). The Balaban J connectivity index is 2.34.